The van der Waals surface area contributed by atoms with E-state index in [0.29, 0.717) is 11.5 Å². The highest BCUT2D eigenvalue weighted by atomic mass is 16.5. The molecule has 2 N–H and O–H groups in total. The van der Waals surface area contributed by atoms with Gasteiger partial charge in [0.1, 0.15) is 0 Å². The van der Waals surface area contributed by atoms with E-state index in [1.54, 1.807) is 5.56 Å². The molecule has 1 aromatic rings. The van der Waals surface area contributed by atoms with E-state index >= 15 is 0 Å². The molecular formula is C19H27NO. The molecule has 0 amide bonds. The summed E-state index contributed by atoms with van der Waals surface area (Å²) in [5.41, 5.74) is 10.4. The molecule has 5 atom stereocenters. The van der Waals surface area contributed by atoms with Crippen LogP contribution in [0.15, 0.2) is 18.2 Å². The third kappa shape index (κ3) is 1.88. The molecule has 21 heavy (non-hydrogen) atoms. The summed E-state index contributed by atoms with van der Waals surface area (Å²) < 4.78 is 5.83. The Hall–Kier alpha value is -1.02. The number of anilines is 1. The van der Waals surface area contributed by atoms with Gasteiger partial charge >= 0.3 is 0 Å². The van der Waals surface area contributed by atoms with Crippen LogP contribution < -0.4 is 5.73 Å². The van der Waals surface area contributed by atoms with E-state index in [-0.39, 0.29) is 0 Å². The third-order valence-corrected chi connectivity index (χ3v) is 6.95. The van der Waals surface area contributed by atoms with Gasteiger partial charge in [0.2, 0.25) is 0 Å². The first-order chi connectivity index (χ1) is 10.1. The van der Waals surface area contributed by atoms with Crippen LogP contribution in [-0.2, 0) is 11.2 Å². The molecule has 3 aliphatic rings. The molecule has 0 bridgehead atoms. The van der Waals surface area contributed by atoms with Gasteiger partial charge in [0, 0.05) is 12.8 Å². The summed E-state index contributed by atoms with van der Waals surface area (Å²) in [6, 6.07) is 6.63. The first-order valence-corrected chi connectivity index (χ1v) is 8.54. The molecule has 1 aromatic carbocycles. The zero-order valence-corrected chi connectivity index (χ0v) is 13.3. The SMILES string of the molecule is CO[C@H]1CCC2C3CCc4cc(N)ccc4C3CC[C@@]21C. The molecule has 3 aliphatic carbocycles. The molecule has 0 aromatic heterocycles. The van der Waals surface area contributed by atoms with Crippen LogP contribution in [0.5, 0.6) is 0 Å². The van der Waals surface area contributed by atoms with Crippen molar-refractivity contribution >= 4 is 5.69 Å². The molecule has 0 radical (unpaired) electrons. The number of hydrogen-bond donors (Lipinski definition) is 1. The molecule has 114 valence electrons. The molecule has 0 saturated heterocycles. The lowest BCUT2D eigenvalue weighted by atomic mass is 9.55. The Labute approximate surface area is 128 Å². The van der Waals surface area contributed by atoms with E-state index in [1.165, 1.54) is 44.1 Å². The van der Waals surface area contributed by atoms with Crippen LogP contribution >= 0.6 is 0 Å². The number of aryl methyl sites for hydroxylation is 1. The van der Waals surface area contributed by atoms with E-state index in [2.05, 4.69) is 25.1 Å². The molecule has 3 unspecified atom stereocenters. The zero-order chi connectivity index (χ0) is 14.6. The van der Waals surface area contributed by atoms with Crippen molar-refractivity contribution in [3.8, 4) is 0 Å². The van der Waals surface area contributed by atoms with Gasteiger partial charge in [-0.1, -0.05) is 13.0 Å². The Bertz CT molecular complexity index is 554. The quantitative estimate of drug-likeness (QED) is 0.787. The normalized spacial score (nSPS) is 41.2. The first-order valence-electron chi connectivity index (χ1n) is 8.54. The highest BCUT2D eigenvalue weighted by molar-refractivity contribution is 5.47. The van der Waals surface area contributed by atoms with Crippen molar-refractivity contribution in [3.05, 3.63) is 29.3 Å². The Morgan fingerprint density at radius 3 is 2.86 bits per heavy atom. The predicted molar refractivity (Wildman–Crippen MR) is 86.3 cm³/mol. The molecule has 2 nitrogen and oxygen atoms in total. The lowest BCUT2D eigenvalue weighted by molar-refractivity contribution is -0.0443. The molecule has 4 rings (SSSR count). The standard InChI is InChI=1S/C19H27NO/c1-19-10-9-15-14-6-4-13(20)11-12(14)3-5-16(15)17(19)7-8-18(19)21-2/h4,6,11,15-18H,3,5,7-10,20H2,1-2H3/t15?,16?,17?,18-,19-/m0/s1. The second-order valence-corrected chi connectivity index (χ2v) is 7.72. The maximum Gasteiger partial charge on any atom is 0.0627 e. The van der Waals surface area contributed by atoms with Gasteiger partial charge in [0.15, 0.2) is 0 Å². The lowest BCUT2D eigenvalue weighted by Gasteiger charge is -2.50. The van der Waals surface area contributed by atoms with Gasteiger partial charge < -0.3 is 10.5 Å². The lowest BCUT2D eigenvalue weighted by Crippen LogP contribution is -2.44. The number of fused-ring (bicyclic) bond motifs is 5. The Kier molecular flexibility index (Phi) is 3.08. The summed E-state index contributed by atoms with van der Waals surface area (Å²) in [5.74, 6) is 2.48. The average Bonchev–Trinajstić information content (AvgIpc) is 2.83. The minimum atomic E-state index is 0.418. The molecule has 0 spiro atoms. The first kappa shape index (κ1) is 13.6. The monoisotopic (exact) mass is 285 g/mol. The van der Waals surface area contributed by atoms with E-state index in [4.69, 9.17) is 10.5 Å². The highest BCUT2D eigenvalue weighted by Crippen LogP contribution is 2.61. The maximum absolute atomic E-state index is 5.98. The molecule has 2 saturated carbocycles. The van der Waals surface area contributed by atoms with Crippen molar-refractivity contribution in [2.45, 2.75) is 57.5 Å². The smallest absolute Gasteiger partial charge is 0.0627 e. The van der Waals surface area contributed by atoms with Gasteiger partial charge in [-0.25, -0.2) is 0 Å². The number of rotatable bonds is 1. The van der Waals surface area contributed by atoms with Crippen molar-refractivity contribution in [1.29, 1.82) is 0 Å². The number of nitrogens with two attached hydrogens (primary N) is 1. The van der Waals surface area contributed by atoms with Gasteiger partial charge in [-0.2, -0.15) is 0 Å². The Morgan fingerprint density at radius 1 is 1.19 bits per heavy atom. The number of methoxy groups -OCH3 is 1. The minimum Gasteiger partial charge on any atom is -0.399 e. The van der Waals surface area contributed by atoms with Crippen LogP contribution in [-0.4, -0.2) is 13.2 Å². The number of hydrogen-bond acceptors (Lipinski definition) is 2. The second-order valence-electron chi connectivity index (χ2n) is 7.72. The van der Waals surface area contributed by atoms with Crippen LogP contribution in [0.25, 0.3) is 0 Å². The van der Waals surface area contributed by atoms with Gasteiger partial charge in [-0.3, -0.25) is 0 Å². The molecule has 0 heterocycles. The molecular weight excluding hydrogens is 258 g/mol. The van der Waals surface area contributed by atoms with Gasteiger partial charge in [-0.05, 0) is 85.0 Å². The topological polar surface area (TPSA) is 35.2 Å². The van der Waals surface area contributed by atoms with Crippen molar-refractivity contribution in [3.63, 3.8) is 0 Å². The van der Waals surface area contributed by atoms with Gasteiger partial charge in [-0.15, -0.1) is 0 Å². The summed E-state index contributed by atoms with van der Waals surface area (Å²) in [6.07, 6.45) is 8.31. The van der Waals surface area contributed by atoms with Crippen molar-refractivity contribution in [2.75, 3.05) is 12.8 Å². The van der Waals surface area contributed by atoms with Crippen molar-refractivity contribution in [2.24, 2.45) is 17.3 Å². The third-order valence-electron chi connectivity index (χ3n) is 6.95. The molecule has 0 aliphatic heterocycles. The fourth-order valence-corrected chi connectivity index (χ4v) is 5.94. The Balaban J connectivity index is 1.68. The summed E-state index contributed by atoms with van der Waals surface area (Å²) in [4.78, 5) is 0. The van der Waals surface area contributed by atoms with E-state index in [1.807, 2.05) is 7.11 Å². The largest absolute Gasteiger partial charge is 0.399 e. The van der Waals surface area contributed by atoms with Crippen LogP contribution in [0, 0.1) is 17.3 Å². The van der Waals surface area contributed by atoms with Crippen molar-refractivity contribution < 1.29 is 4.74 Å². The van der Waals surface area contributed by atoms with Crippen LogP contribution in [0.2, 0.25) is 0 Å². The second kappa shape index (κ2) is 4.74. The minimum absolute atomic E-state index is 0.418. The summed E-state index contributed by atoms with van der Waals surface area (Å²) >= 11 is 0. The summed E-state index contributed by atoms with van der Waals surface area (Å²) in [6.45, 7) is 2.49. The van der Waals surface area contributed by atoms with Gasteiger partial charge in [0.05, 0.1) is 6.10 Å². The number of benzene rings is 1. The zero-order valence-electron chi connectivity index (χ0n) is 13.3. The fourth-order valence-electron chi connectivity index (χ4n) is 5.94. The van der Waals surface area contributed by atoms with Crippen LogP contribution in [0.1, 0.15) is 56.1 Å². The van der Waals surface area contributed by atoms with Crippen LogP contribution in [0.3, 0.4) is 0 Å². The van der Waals surface area contributed by atoms with Crippen LogP contribution in [0.4, 0.5) is 5.69 Å². The number of ether oxygens (including phenoxy) is 1. The Morgan fingerprint density at radius 2 is 2.05 bits per heavy atom. The van der Waals surface area contributed by atoms with E-state index < -0.39 is 0 Å². The predicted octanol–water partition coefficient (Wildman–Crippen LogP) is 4.14. The van der Waals surface area contributed by atoms with E-state index in [0.717, 1.165) is 23.4 Å². The molecule has 2 fully saturated rings. The average molecular weight is 285 g/mol. The fraction of sp³-hybridized carbons (Fsp3) is 0.684. The van der Waals surface area contributed by atoms with Gasteiger partial charge in [0.25, 0.3) is 0 Å². The highest BCUT2D eigenvalue weighted by Gasteiger charge is 2.54. The summed E-state index contributed by atoms with van der Waals surface area (Å²) in [5, 5.41) is 0. The number of nitrogen functional groups attached to an aromatic ring is 1. The maximum atomic E-state index is 5.98. The van der Waals surface area contributed by atoms with E-state index in [9.17, 15) is 0 Å². The summed E-state index contributed by atoms with van der Waals surface area (Å²) in [7, 11) is 1.91. The molecule has 2 heteroatoms. The van der Waals surface area contributed by atoms with Crippen molar-refractivity contribution in [1.82, 2.24) is 0 Å².